The molecule has 1 fully saturated rings. The summed E-state index contributed by atoms with van der Waals surface area (Å²) in [5.74, 6) is 1.97. The molecule has 0 unspecified atom stereocenters. The Bertz CT molecular complexity index is 843. The van der Waals surface area contributed by atoms with Gasteiger partial charge in [0, 0.05) is 68.0 Å². The third kappa shape index (κ3) is 3.67. The Morgan fingerprint density at radius 3 is 2.35 bits per heavy atom. The van der Waals surface area contributed by atoms with Crippen molar-refractivity contribution in [2.45, 2.75) is 25.9 Å². The third-order valence-corrected chi connectivity index (χ3v) is 4.79. The summed E-state index contributed by atoms with van der Waals surface area (Å²) < 4.78 is 6.15. The van der Waals surface area contributed by atoms with Gasteiger partial charge >= 0.3 is 0 Å². The highest BCUT2D eigenvalue weighted by Gasteiger charge is 2.22. The van der Waals surface area contributed by atoms with Crippen LogP contribution < -0.4 is 9.64 Å². The molecule has 0 N–H and O–H groups in total. The molecule has 0 saturated carbocycles. The molecule has 1 aliphatic rings. The zero-order valence-corrected chi connectivity index (χ0v) is 14.9. The Hall–Kier alpha value is -2.95. The van der Waals surface area contributed by atoms with Crippen LogP contribution in [0.1, 0.15) is 18.4 Å². The van der Waals surface area contributed by atoms with E-state index in [4.69, 9.17) is 4.74 Å². The largest absolute Gasteiger partial charge is 0.490 e. The number of nitrogens with zero attached hydrogens (tertiary/aromatic N) is 4. The molecule has 0 bridgehead atoms. The van der Waals surface area contributed by atoms with Gasteiger partial charge in [-0.3, -0.25) is 9.97 Å². The van der Waals surface area contributed by atoms with Gasteiger partial charge in [0.15, 0.2) is 0 Å². The summed E-state index contributed by atoms with van der Waals surface area (Å²) in [6, 6.07) is 10.2. The smallest absolute Gasteiger partial charge is 0.128 e. The lowest BCUT2D eigenvalue weighted by atomic mass is 10.1. The van der Waals surface area contributed by atoms with E-state index < -0.39 is 0 Å². The molecule has 0 atom stereocenters. The average Bonchev–Trinajstić information content (AvgIpc) is 2.71. The molecule has 4 heterocycles. The maximum absolute atomic E-state index is 6.15. The van der Waals surface area contributed by atoms with E-state index in [1.54, 1.807) is 18.6 Å². The lowest BCUT2D eigenvalue weighted by Crippen LogP contribution is -2.38. The molecule has 0 amide bonds. The summed E-state index contributed by atoms with van der Waals surface area (Å²) in [4.78, 5) is 15.2. The number of hydrogen-bond acceptors (Lipinski definition) is 5. The molecule has 5 heteroatoms. The van der Waals surface area contributed by atoms with Crippen LogP contribution in [0.25, 0.3) is 11.1 Å². The summed E-state index contributed by atoms with van der Waals surface area (Å²) in [5, 5.41) is 0. The number of anilines is 1. The van der Waals surface area contributed by atoms with Gasteiger partial charge in [-0.15, -0.1) is 0 Å². The fourth-order valence-corrected chi connectivity index (χ4v) is 3.26. The molecular weight excluding hydrogens is 324 g/mol. The maximum Gasteiger partial charge on any atom is 0.128 e. The first-order valence-corrected chi connectivity index (χ1v) is 8.98. The lowest BCUT2D eigenvalue weighted by molar-refractivity contribution is 0.169. The van der Waals surface area contributed by atoms with Crippen molar-refractivity contribution >= 4 is 5.82 Å². The van der Waals surface area contributed by atoms with Gasteiger partial charge in [-0.25, -0.2) is 4.98 Å². The molecular formula is C21H22N4O. The number of pyridine rings is 3. The molecule has 0 spiro atoms. The van der Waals surface area contributed by atoms with Gasteiger partial charge in [-0.05, 0) is 42.8 Å². The van der Waals surface area contributed by atoms with Gasteiger partial charge in [0.1, 0.15) is 17.7 Å². The molecule has 0 aliphatic carbocycles. The summed E-state index contributed by atoms with van der Waals surface area (Å²) in [7, 11) is 0. The summed E-state index contributed by atoms with van der Waals surface area (Å²) in [6.45, 7) is 3.94. The van der Waals surface area contributed by atoms with Crippen LogP contribution in [0.15, 0.2) is 61.3 Å². The molecule has 3 aromatic heterocycles. The van der Waals surface area contributed by atoms with Crippen LogP contribution in [-0.2, 0) is 0 Å². The number of rotatable bonds is 4. The van der Waals surface area contributed by atoms with Crippen molar-refractivity contribution in [1.29, 1.82) is 0 Å². The number of aromatic nitrogens is 3. The van der Waals surface area contributed by atoms with E-state index >= 15 is 0 Å². The van der Waals surface area contributed by atoms with Crippen molar-refractivity contribution in [3.05, 3.63) is 66.9 Å². The second kappa shape index (κ2) is 7.52. The van der Waals surface area contributed by atoms with Crippen molar-refractivity contribution < 1.29 is 4.74 Å². The Kier molecular flexibility index (Phi) is 4.78. The highest BCUT2D eigenvalue weighted by atomic mass is 16.5. The summed E-state index contributed by atoms with van der Waals surface area (Å²) >= 11 is 0. The van der Waals surface area contributed by atoms with Gasteiger partial charge in [0.25, 0.3) is 0 Å². The average molecular weight is 346 g/mol. The van der Waals surface area contributed by atoms with E-state index in [2.05, 4.69) is 32.0 Å². The van der Waals surface area contributed by atoms with Crippen molar-refractivity contribution in [2.24, 2.45) is 0 Å². The number of aryl methyl sites for hydroxylation is 1. The SMILES string of the molecule is Cc1cnccc1OC1CCN(c2ccc(-c3ccncc3)cn2)CC1. The molecule has 5 nitrogen and oxygen atoms in total. The first-order chi connectivity index (χ1) is 12.8. The minimum Gasteiger partial charge on any atom is -0.490 e. The zero-order valence-electron chi connectivity index (χ0n) is 14.9. The minimum absolute atomic E-state index is 0.253. The molecule has 1 aliphatic heterocycles. The Morgan fingerprint density at radius 2 is 1.65 bits per heavy atom. The molecule has 3 aromatic rings. The van der Waals surface area contributed by atoms with Crippen molar-refractivity contribution in [2.75, 3.05) is 18.0 Å². The first kappa shape index (κ1) is 16.5. The highest BCUT2D eigenvalue weighted by molar-refractivity contribution is 5.63. The van der Waals surface area contributed by atoms with Crippen LogP contribution in [-0.4, -0.2) is 34.1 Å². The van der Waals surface area contributed by atoms with Gasteiger partial charge in [0.2, 0.25) is 0 Å². The van der Waals surface area contributed by atoms with E-state index in [0.717, 1.165) is 54.2 Å². The summed E-state index contributed by atoms with van der Waals surface area (Å²) in [5.41, 5.74) is 3.34. The van der Waals surface area contributed by atoms with E-state index in [9.17, 15) is 0 Å². The zero-order chi connectivity index (χ0) is 17.8. The fourth-order valence-electron chi connectivity index (χ4n) is 3.26. The standard InChI is InChI=1S/C21H22N4O/c1-16-14-23-11-6-20(16)26-19-7-12-25(13-8-19)21-3-2-18(15-24-21)17-4-9-22-10-5-17/h2-6,9-11,14-15,19H,7-8,12-13H2,1H3. The first-order valence-electron chi connectivity index (χ1n) is 8.98. The lowest BCUT2D eigenvalue weighted by Gasteiger charge is -2.33. The minimum atomic E-state index is 0.253. The van der Waals surface area contributed by atoms with Crippen LogP contribution in [0.3, 0.4) is 0 Å². The normalized spacial score (nSPS) is 15.0. The van der Waals surface area contributed by atoms with Gasteiger partial charge in [-0.1, -0.05) is 0 Å². The van der Waals surface area contributed by atoms with E-state index in [-0.39, 0.29) is 6.10 Å². The number of piperidine rings is 1. The predicted molar refractivity (Wildman–Crippen MR) is 102 cm³/mol. The Morgan fingerprint density at radius 1 is 0.885 bits per heavy atom. The van der Waals surface area contributed by atoms with Crippen LogP contribution in [0.2, 0.25) is 0 Å². The van der Waals surface area contributed by atoms with Crippen LogP contribution >= 0.6 is 0 Å². The summed E-state index contributed by atoms with van der Waals surface area (Å²) in [6.07, 6.45) is 11.4. The fraction of sp³-hybridized carbons (Fsp3) is 0.286. The second-order valence-corrected chi connectivity index (χ2v) is 6.59. The van der Waals surface area contributed by atoms with Crippen molar-refractivity contribution in [1.82, 2.24) is 15.0 Å². The molecule has 0 aromatic carbocycles. The van der Waals surface area contributed by atoms with Gasteiger partial charge in [-0.2, -0.15) is 0 Å². The molecule has 0 radical (unpaired) electrons. The van der Waals surface area contributed by atoms with Crippen LogP contribution in [0, 0.1) is 6.92 Å². The molecule has 26 heavy (non-hydrogen) atoms. The van der Waals surface area contributed by atoms with E-state index in [0.29, 0.717) is 0 Å². The van der Waals surface area contributed by atoms with Crippen molar-refractivity contribution in [3.8, 4) is 16.9 Å². The third-order valence-electron chi connectivity index (χ3n) is 4.79. The molecule has 1 saturated heterocycles. The second-order valence-electron chi connectivity index (χ2n) is 6.59. The highest BCUT2D eigenvalue weighted by Crippen LogP contribution is 2.25. The van der Waals surface area contributed by atoms with Crippen LogP contribution in [0.5, 0.6) is 5.75 Å². The van der Waals surface area contributed by atoms with E-state index in [1.807, 2.05) is 37.5 Å². The topological polar surface area (TPSA) is 51.1 Å². The van der Waals surface area contributed by atoms with Gasteiger partial charge < -0.3 is 9.64 Å². The monoisotopic (exact) mass is 346 g/mol. The van der Waals surface area contributed by atoms with Crippen LogP contribution in [0.4, 0.5) is 5.82 Å². The Balaban J connectivity index is 1.37. The quantitative estimate of drug-likeness (QED) is 0.717. The number of ether oxygens (including phenoxy) is 1. The van der Waals surface area contributed by atoms with Crippen molar-refractivity contribution in [3.63, 3.8) is 0 Å². The maximum atomic E-state index is 6.15. The Labute approximate surface area is 153 Å². The number of hydrogen-bond donors (Lipinski definition) is 0. The molecule has 132 valence electrons. The molecule has 4 rings (SSSR count). The predicted octanol–water partition coefficient (Wildman–Crippen LogP) is 3.89. The van der Waals surface area contributed by atoms with Gasteiger partial charge in [0.05, 0.1) is 0 Å². The van der Waals surface area contributed by atoms with E-state index in [1.165, 1.54) is 0 Å².